The van der Waals surface area contributed by atoms with Crippen molar-refractivity contribution in [1.29, 1.82) is 0 Å². The standard InChI is InChI=1S/C15H16BrNS/c1-9-4-5-14(11(3)6-9)18-15-7-10(2)13(17)8-12(15)16/h4-8H,17H2,1-3H3. The molecular weight excluding hydrogens is 306 g/mol. The van der Waals surface area contributed by atoms with Crippen LogP contribution in [0.25, 0.3) is 0 Å². The van der Waals surface area contributed by atoms with Crippen LogP contribution in [0.2, 0.25) is 0 Å². The zero-order chi connectivity index (χ0) is 13.3. The Bertz CT molecular complexity index is 593. The van der Waals surface area contributed by atoms with E-state index in [1.54, 1.807) is 11.8 Å². The predicted octanol–water partition coefficient (Wildman–Crippen LogP) is 5.11. The maximum absolute atomic E-state index is 5.89. The first-order valence-corrected chi connectivity index (χ1v) is 7.39. The van der Waals surface area contributed by atoms with Crippen LogP contribution in [0.15, 0.2) is 44.6 Å². The fourth-order valence-electron chi connectivity index (χ4n) is 1.78. The highest BCUT2D eigenvalue weighted by molar-refractivity contribution is 9.10. The number of hydrogen-bond donors (Lipinski definition) is 1. The molecule has 0 aliphatic carbocycles. The lowest BCUT2D eigenvalue weighted by molar-refractivity contribution is 1.25. The van der Waals surface area contributed by atoms with E-state index in [0.29, 0.717) is 0 Å². The Labute approximate surface area is 121 Å². The lowest BCUT2D eigenvalue weighted by atomic mass is 10.2. The van der Waals surface area contributed by atoms with Crippen molar-refractivity contribution in [3.63, 3.8) is 0 Å². The third-order valence-electron chi connectivity index (χ3n) is 2.87. The van der Waals surface area contributed by atoms with E-state index >= 15 is 0 Å². The minimum absolute atomic E-state index is 0.826. The second kappa shape index (κ2) is 5.37. The average molecular weight is 322 g/mol. The van der Waals surface area contributed by atoms with Crippen LogP contribution in [0.5, 0.6) is 0 Å². The molecule has 2 aromatic rings. The Morgan fingerprint density at radius 2 is 1.67 bits per heavy atom. The summed E-state index contributed by atoms with van der Waals surface area (Å²) >= 11 is 5.35. The first kappa shape index (κ1) is 13.5. The van der Waals surface area contributed by atoms with Crippen LogP contribution in [-0.4, -0.2) is 0 Å². The number of anilines is 1. The van der Waals surface area contributed by atoms with Crippen molar-refractivity contribution < 1.29 is 0 Å². The summed E-state index contributed by atoms with van der Waals surface area (Å²) in [6.45, 7) is 6.30. The Kier molecular flexibility index (Phi) is 4.03. The van der Waals surface area contributed by atoms with Crippen molar-refractivity contribution in [2.75, 3.05) is 5.73 Å². The molecule has 3 heteroatoms. The SMILES string of the molecule is Cc1ccc(Sc2cc(C)c(N)cc2Br)c(C)c1. The number of aryl methyl sites for hydroxylation is 3. The molecular formula is C15H16BrNS. The van der Waals surface area contributed by atoms with E-state index in [4.69, 9.17) is 5.73 Å². The maximum atomic E-state index is 5.89. The molecule has 0 saturated heterocycles. The van der Waals surface area contributed by atoms with Gasteiger partial charge in [0.05, 0.1) is 0 Å². The van der Waals surface area contributed by atoms with E-state index in [1.807, 2.05) is 13.0 Å². The van der Waals surface area contributed by atoms with E-state index in [-0.39, 0.29) is 0 Å². The van der Waals surface area contributed by atoms with E-state index in [9.17, 15) is 0 Å². The molecule has 18 heavy (non-hydrogen) atoms. The molecule has 0 heterocycles. The zero-order valence-corrected chi connectivity index (χ0v) is 13.2. The lowest BCUT2D eigenvalue weighted by Gasteiger charge is -2.10. The topological polar surface area (TPSA) is 26.0 Å². The minimum atomic E-state index is 0.826. The van der Waals surface area contributed by atoms with E-state index in [2.05, 4.69) is 54.0 Å². The molecule has 0 saturated carbocycles. The molecule has 0 amide bonds. The number of nitrogens with two attached hydrogens (primary N) is 1. The fraction of sp³-hybridized carbons (Fsp3) is 0.200. The first-order valence-electron chi connectivity index (χ1n) is 5.78. The Balaban J connectivity index is 2.37. The smallest absolute Gasteiger partial charge is 0.0355 e. The number of benzene rings is 2. The molecule has 0 aliphatic heterocycles. The Morgan fingerprint density at radius 1 is 0.944 bits per heavy atom. The number of halogens is 1. The molecule has 0 aromatic heterocycles. The molecule has 2 N–H and O–H groups in total. The van der Waals surface area contributed by atoms with Gasteiger partial charge < -0.3 is 5.73 Å². The Hall–Kier alpha value is -0.930. The van der Waals surface area contributed by atoms with Crippen molar-refractivity contribution >= 4 is 33.4 Å². The van der Waals surface area contributed by atoms with Gasteiger partial charge in [0.2, 0.25) is 0 Å². The third-order valence-corrected chi connectivity index (χ3v) is 5.03. The van der Waals surface area contributed by atoms with E-state index in [1.165, 1.54) is 20.9 Å². The summed E-state index contributed by atoms with van der Waals surface area (Å²) in [7, 11) is 0. The summed E-state index contributed by atoms with van der Waals surface area (Å²) in [5.41, 5.74) is 10.4. The molecule has 2 aromatic carbocycles. The van der Waals surface area contributed by atoms with Crippen molar-refractivity contribution in [2.24, 2.45) is 0 Å². The maximum Gasteiger partial charge on any atom is 0.0355 e. The minimum Gasteiger partial charge on any atom is -0.398 e. The second-order valence-electron chi connectivity index (χ2n) is 4.51. The zero-order valence-electron chi connectivity index (χ0n) is 10.8. The summed E-state index contributed by atoms with van der Waals surface area (Å²) in [6.07, 6.45) is 0. The molecule has 0 fully saturated rings. The lowest BCUT2D eigenvalue weighted by Crippen LogP contribution is -1.90. The molecule has 0 radical (unpaired) electrons. The van der Waals surface area contributed by atoms with Gasteiger partial charge in [-0.1, -0.05) is 29.5 Å². The van der Waals surface area contributed by atoms with Crippen LogP contribution in [0.1, 0.15) is 16.7 Å². The summed E-state index contributed by atoms with van der Waals surface area (Å²) < 4.78 is 1.05. The molecule has 2 rings (SSSR count). The van der Waals surface area contributed by atoms with Crippen LogP contribution in [0.4, 0.5) is 5.69 Å². The largest absolute Gasteiger partial charge is 0.398 e. The first-order chi connectivity index (χ1) is 8.47. The molecule has 94 valence electrons. The number of hydrogen-bond acceptors (Lipinski definition) is 2. The summed E-state index contributed by atoms with van der Waals surface area (Å²) in [5, 5.41) is 0. The normalized spacial score (nSPS) is 10.7. The van der Waals surface area contributed by atoms with Gasteiger partial charge in [-0.15, -0.1) is 0 Å². The predicted molar refractivity (Wildman–Crippen MR) is 83.3 cm³/mol. The molecule has 0 unspecified atom stereocenters. The van der Waals surface area contributed by atoms with Gasteiger partial charge in [0.15, 0.2) is 0 Å². The highest BCUT2D eigenvalue weighted by Gasteiger charge is 2.07. The van der Waals surface area contributed by atoms with Gasteiger partial charge in [0, 0.05) is 20.0 Å². The second-order valence-corrected chi connectivity index (χ2v) is 6.45. The molecule has 0 bridgehead atoms. The highest BCUT2D eigenvalue weighted by atomic mass is 79.9. The van der Waals surface area contributed by atoms with Crippen LogP contribution in [0.3, 0.4) is 0 Å². The van der Waals surface area contributed by atoms with Crippen LogP contribution in [0, 0.1) is 20.8 Å². The van der Waals surface area contributed by atoms with Crippen molar-refractivity contribution in [3.05, 3.63) is 51.5 Å². The third kappa shape index (κ3) is 2.90. The average Bonchev–Trinajstić information content (AvgIpc) is 2.29. The van der Waals surface area contributed by atoms with E-state index < -0.39 is 0 Å². The molecule has 0 spiro atoms. The van der Waals surface area contributed by atoms with Gasteiger partial charge in [-0.25, -0.2) is 0 Å². The molecule has 0 aliphatic rings. The van der Waals surface area contributed by atoms with Crippen molar-refractivity contribution in [3.8, 4) is 0 Å². The quantitative estimate of drug-likeness (QED) is 0.778. The van der Waals surface area contributed by atoms with E-state index in [0.717, 1.165) is 15.7 Å². The Morgan fingerprint density at radius 3 is 2.33 bits per heavy atom. The van der Waals surface area contributed by atoms with Crippen LogP contribution < -0.4 is 5.73 Å². The van der Waals surface area contributed by atoms with Crippen LogP contribution in [-0.2, 0) is 0 Å². The van der Waals surface area contributed by atoms with Crippen molar-refractivity contribution in [1.82, 2.24) is 0 Å². The summed E-state index contributed by atoms with van der Waals surface area (Å²) in [4.78, 5) is 2.49. The van der Waals surface area contributed by atoms with Crippen LogP contribution >= 0.6 is 27.7 Å². The summed E-state index contributed by atoms with van der Waals surface area (Å²) in [5.74, 6) is 0. The monoisotopic (exact) mass is 321 g/mol. The number of nitrogen functional groups attached to an aromatic ring is 1. The molecule has 0 atom stereocenters. The summed E-state index contributed by atoms with van der Waals surface area (Å²) in [6, 6.07) is 10.6. The highest BCUT2D eigenvalue weighted by Crippen LogP contribution is 2.37. The number of rotatable bonds is 2. The van der Waals surface area contributed by atoms with Gasteiger partial charge >= 0.3 is 0 Å². The van der Waals surface area contributed by atoms with Gasteiger partial charge in [-0.05, 0) is 66.0 Å². The van der Waals surface area contributed by atoms with Crippen molar-refractivity contribution in [2.45, 2.75) is 30.6 Å². The van der Waals surface area contributed by atoms with Gasteiger partial charge in [-0.2, -0.15) is 0 Å². The van der Waals surface area contributed by atoms with Gasteiger partial charge in [0.25, 0.3) is 0 Å². The van der Waals surface area contributed by atoms with Gasteiger partial charge in [-0.3, -0.25) is 0 Å². The van der Waals surface area contributed by atoms with Gasteiger partial charge in [0.1, 0.15) is 0 Å². The molecule has 1 nitrogen and oxygen atoms in total. The fourth-order valence-corrected chi connectivity index (χ4v) is 3.37.